The first kappa shape index (κ1) is 12.1. The van der Waals surface area contributed by atoms with Crippen molar-refractivity contribution in [3.05, 3.63) is 41.0 Å². The molecule has 2 rings (SSSR count). The fourth-order valence-corrected chi connectivity index (χ4v) is 2.32. The third-order valence-electron chi connectivity index (χ3n) is 3.32. The largest absolute Gasteiger partial charge is 0.295 e. The maximum atomic E-state index is 11.7. The first-order valence-corrected chi connectivity index (χ1v) is 6.62. The lowest BCUT2D eigenvalue weighted by Gasteiger charge is -2.12. The van der Waals surface area contributed by atoms with Crippen molar-refractivity contribution < 1.29 is 4.79 Å². The molecule has 0 unspecified atom stereocenters. The predicted molar refractivity (Wildman–Crippen MR) is 71.9 cm³/mol. The zero-order valence-corrected chi connectivity index (χ0v) is 10.5. The van der Waals surface area contributed by atoms with Gasteiger partial charge in [-0.2, -0.15) is 0 Å². The summed E-state index contributed by atoms with van der Waals surface area (Å²) < 4.78 is 0. The van der Waals surface area contributed by atoms with Crippen molar-refractivity contribution >= 4 is 11.9 Å². The van der Waals surface area contributed by atoms with Gasteiger partial charge in [0.1, 0.15) is 0 Å². The normalized spacial score (nSPS) is 18.6. The van der Waals surface area contributed by atoms with Gasteiger partial charge in [0.25, 0.3) is 0 Å². The van der Waals surface area contributed by atoms with Crippen LogP contribution in [-0.2, 0) is 11.2 Å². The Morgan fingerprint density at radius 3 is 2.47 bits per heavy atom. The summed E-state index contributed by atoms with van der Waals surface area (Å²) in [6, 6.07) is 8.59. The zero-order valence-electron chi connectivity index (χ0n) is 10.5. The smallest absolute Gasteiger partial charge is 0.158 e. The Balaban J connectivity index is 2.11. The van der Waals surface area contributed by atoms with Crippen molar-refractivity contribution in [1.82, 2.24) is 0 Å². The van der Waals surface area contributed by atoms with Crippen LogP contribution >= 0.6 is 0 Å². The van der Waals surface area contributed by atoms with Gasteiger partial charge in [0, 0.05) is 6.42 Å². The van der Waals surface area contributed by atoms with E-state index in [0.29, 0.717) is 5.78 Å². The quantitative estimate of drug-likeness (QED) is 0.710. The summed E-state index contributed by atoms with van der Waals surface area (Å²) in [5.74, 6) is 0.342. The first-order chi connectivity index (χ1) is 8.29. The molecule has 0 saturated heterocycles. The van der Waals surface area contributed by atoms with Crippen molar-refractivity contribution in [3.8, 4) is 0 Å². The average Bonchev–Trinajstić information content (AvgIpc) is 2.35. The summed E-state index contributed by atoms with van der Waals surface area (Å²) in [7, 11) is 0. The van der Waals surface area contributed by atoms with Crippen LogP contribution in [0.25, 0.3) is 6.08 Å². The molecule has 17 heavy (non-hydrogen) atoms. The molecule has 0 radical (unpaired) electrons. The van der Waals surface area contributed by atoms with Gasteiger partial charge >= 0.3 is 0 Å². The summed E-state index contributed by atoms with van der Waals surface area (Å²) >= 11 is 0. The molecule has 0 amide bonds. The number of carbonyl (C=O) groups excluding carboxylic acids is 1. The van der Waals surface area contributed by atoms with E-state index >= 15 is 0 Å². The van der Waals surface area contributed by atoms with E-state index in [1.54, 1.807) is 0 Å². The SMILES string of the molecule is CCCc1ccc(/C=C2/CCCCC2=O)cc1. The highest BCUT2D eigenvalue weighted by atomic mass is 16.1. The number of benzene rings is 1. The first-order valence-electron chi connectivity index (χ1n) is 6.62. The minimum Gasteiger partial charge on any atom is -0.295 e. The summed E-state index contributed by atoms with van der Waals surface area (Å²) in [5.41, 5.74) is 3.55. The van der Waals surface area contributed by atoms with Crippen LogP contribution in [0.3, 0.4) is 0 Å². The minimum atomic E-state index is 0.342. The molecule has 1 fully saturated rings. The van der Waals surface area contributed by atoms with E-state index in [1.165, 1.54) is 12.0 Å². The van der Waals surface area contributed by atoms with Crippen LogP contribution < -0.4 is 0 Å². The number of rotatable bonds is 3. The van der Waals surface area contributed by atoms with Gasteiger partial charge in [-0.1, -0.05) is 37.6 Å². The lowest BCUT2D eigenvalue weighted by atomic mass is 9.92. The second-order valence-corrected chi connectivity index (χ2v) is 4.79. The highest BCUT2D eigenvalue weighted by Crippen LogP contribution is 2.22. The van der Waals surface area contributed by atoms with Crippen LogP contribution in [0.15, 0.2) is 29.8 Å². The van der Waals surface area contributed by atoms with Gasteiger partial charge in [-0.15, -0.1) is 0 Å². The molecule has 0 atom stereocenters. The molecule has 0 spiro atoms. The molecule has 1 aliphatic rings. The lowest BCUT2D eigenvalue weighted by molar-refractivity contribution is -0.116. The van der Waals surface area contributed by atoms with Gasteiger partial charge in [-0.05, 0) is 48.5 Å². The Morgan fingerprint density at radius 1 is 1.12 bits per heavy atom. The Labute approximate surface area is 104 Å². The van der Waals surface area contributed by atoms with Crippen molar-refractivity contribution in [3.63, 3.8) is 0 Å². The van der Waals surface area contributed by atoms with Crippen molar-refractivity contribution in [1.29, 1.82) is 0 Å². The van der Waals surface area contributed by atoms with Crippen LogP contribution in [0, 0.1) is 0 Å². The molecule has 1 heteroatoms. The van der Waals surface area contributed by atoms with E-state index in [4.69, 9.17) is 0 Å². The van der Waals surface area contributed by atoms with Gasteiger partial charge in [-0.3, -0.25) is 4.79 Å². The topological polar surface area (TPSA) is 17.1 Å². The Hall–Kier alpha value is -1.37. The predicted octanol–water partition coefficient (Wildman–Crippen LogP) is 4.17. The van der Waals surface area contributed by atoms with Crippen LogP contribution in [-0.4, -0.2) is 5.78 Å². The van der Waals surface area contributed by atoms with Gasteiger partial charge in [0.15, 0.2) is 5.78 Å². The third kappa shape index (κ3) is 3.29. The molecule has 1 nitrogen and oxygen atoms in total. The summed E-state index contributed by atoms with van der Waals surface area (Å²) in [5, 5.41) is 0. The highest BCUT2D eigenvalue weighted by molar-refractivity contribution is 6.00. The van der Waals surface area contributed by atoms with Gasteiger partial charge in [-0.25, -0.2) is 0 Å². The number of Topliss-reactive ketones (excluding diaryl/α,β-unsaturated/α-hetero) is 1. The van der Waals surface area contributed by atoms with Crippen LogP contribution in [0.1, 0.15) is 50.2 Å². The molecule has 1 saturated carbocycles. The second kappa shape index (κ2) is 5.81. The summed E-state index contributed by atoms with van der Waals surface area (Å²) in [4.78, 5) is 11.7. The standard InChI is InChI=1S/C16H20O/c1-2-5-13-8-10-14(11-9-13)12-15-6-3-4-7-16(15)17/h8-12H,2-7H2,1H3/b15-12-. The molecule has 1 aromatic rings. The Morgan fingerprint density at radius 2 is 1.82 bits per heavy atom. The third-order valence-corrected chi connectivity index (χ3v) is 3.32. The van der Waals surface area contributed by atoms with Gasteiger partial charge in [0.2, 0.25) is 0 Å². The maximum absolute atomic E-state index is 11.7. The molecular weight excluding hydrogens is 208 g/mol. The Kier molecular flexibility index (Phi) is 4.13. The molecule has 0 aliphatic heterocycles. The van der Waals surface area contributed by atoms with Gasteiger partial charge < -0.3 is 0 Å². The molecule has 1 aromatic carbocycles. The summed E-state index contributed by atoms with van der Waals surface area (Å²) in [6.07, 6.45) is 8.29. The Bertz CT molecular complexity index is 412. The number of carbonyl (C=O) groups is 1. The van der Waals surface area contributed by atoms with Crippen molar-refractivity contribution in [2.45, 2.75) is 45.4 Å². The van der Waals surface area contributed by atoms with E-state index in [1.807, 2.05) is 0 Å². The monoisotopic (exact) mass is 228 g/mol. The molecule has 90 valence electrons. The van der Waals surface area contributed by atoms with Crippen LogP contribution in [0.2, 0.25) is 0 Å². The molecule has 0 heterocycles. The molecule has 1 aliphatic carbocycles. The van der Waals surface area contributed by atoms with Gasteiger partial charge in [0.05, 0.1) is 0 Å². The van der Waals surface area contributed by atoms with E-state index in [-0.39, 0.29) is 0 Å². The molecular formula is C16H20O. The number of hydrogen-bond donors (Lipinski definition) is 0. The molecule has 0 aromatic heterocycles. The molecule has 0 N–H and O–H groups in total. The van der Waals surface area contributed by atoms with Crippen LogP contribution in [0.4, 0.5) is 0 Å². The van der Waals surface area contributed by atoms with E-state index in [0.717, 1.165) is 43.2 Å². The zero-order chi connectivity index (χ0) is 12.1. The minimum absolute atomic E-state index is 0.342. The fourth-order valence-electron chi connectivity index (χ4n) is 2.32. The maximum Gasteiger partial charge on any atom is 0.158 e. The van der Waals surface area contributed by atoms with E-state index < -0.39 is 0 Å². The van der Waals surface area contributed by atoms with E-state index in [2.05, 4.69) is 37.3 Å². The summed E-state index contributed by atoms with van der Waals surface area (Å²) in [6.45, 7) is 2.19. The fraction of sp³-hybridized carbons (Fsp3) is 0.438. The highest BCUT2D eigenvalue weighted by Gasteiger charge is 2.14. The van der Waals surface area contributed by atoms with E-state index in [9.17, 15) is 4.79 Å². The van der Waals surface area contributed by atoms with Crippen LogP contribution in [0.5, 0.6) is 0 Å². The molecule has 0 bridgehead atoms. The average molecular weight is 228 g/mol. The lowest BCUT2D eigenvalue weighted by Crippen LogP contribution is -2.07. The second-order valence-electron chi connectivity index (χ2n) is 4.79. The van der Waals surface area contributed by atoms with Crippen molar-refractivity contribution in [2.24, 2.45) is 0 Å². The number of allylic oxidation sites excluding steroid dienone is 1. The number of aryl methyl sites for hydroxylation is 1. The number of ketones is 1. The number of hydrogen-bond acceptors (Lipinski definition) is 1. The van der Waals surface area contributed by atoms with Crippen molar-refractivity contribution in [2.75, 3.05) is 0 Å².